The normalized spacial score (nSPS) is 23.2. The second kappa shape index (κ2) is 5.87. The molecule has 2 atom stereocenters. The third kappa shape index (κ3) is 2.74. The minimum absolute atomic E-state index is 0.0268. The number of rotatable bonds is 5. The van der Waals surface area contributed by atoms with E-state index in [0.29, 0.717) is 6.42 Å². The van der Waals surface area contributed by atoms with Crippen molar-refractivity contribution in [2.45, 2.75) is 58.5 Å². The minimum Gasteiger partial charge on any atom is -0.343 e. The Bertz CT molecular complexity index is 266. The molecule has 0 aromatic heterocycles. The number of carbonyl (C=O) groups is 2. The fourth-order valence-electron chi connectivity index (χ4n) is 2.23. The van der Waals surface area contributed by atoms with Crippen molar-refractivity contribution in [2.24, 2.45) is 0 Å². The molecule has 4 heteroatoms. The van der Waals surface area contributed by atoms with E-state index in [1.54, 1.807) is 4.90 Å². The second-order valence-corrected chi connectivity index (χ2v) is 4.35. The monoisotopic (exact) mass is 226 g/mol. The highest BCUT2D eigenvalue weighted by molar-refractivity contribution is 5.94. The van der Waals surface area contributed by atoms with E-state index in [4.69, 9.17) is 0 Å². The maximum atomic E-state index is 12.1. The molecule has 1 rings (SSSR count). The molecular weight excluding hydrogens is 204 g/mol. The number of carbonyl (C=O) groups excluding carboxylic acids is 2. The van der Waals surface area contributed by atoms with Crippen LogP contribution in [0.2, 0.25) is 0 Å². The van der Waals surface area contributed by atoms with Gasteiger partial charge in [-0.15, -0.1) is 0 Å². The minimum atomic E-state index is -0.313. The van der Waals surface area contributed by atoms with Gasteiger partial charge < -0.3 is 10.2 Å². The molecule has 16 heavy (non-hydrogen) atoms. The van der Waals surface area contributed by atoms with Crippen molar-refractivity contribution < 1.29 is 9.59 Å². The predicted octanol–water partition coefficient (Wildman–Crippen LogP) is 1.30. The molecule has 1 aliphatic heterocycles. The number of piperazine rings is 1. The predicted molar refractivity (Wildman–Crippen MR) is 62.9 cm³/mol. The van der Waals surface area contributed by atoms with Crippen LogP contribution >= 0.6 is 0 Å². The molecule has 0 aromatic carbocycles. The highest BCUT2D eigenvalue weighted by Crippen LogP contribution is 2.16. The Labute approximate surface area is 97.4 Å². The number of hydrogen-bond acceptors (Lipinski definition) is 2. The lowest BCUT2D eigenvalue weighted by Gasteiger charge is -2.37. The highest BCUT2D eigenvalue weighted by atomic mass is 16.2. The van der Waals surface area contributed by atoms with E-state index in [2.05, 4.69) is 19.2 Å². The van der Waals surface area contributed by atoms with Gasteiger partial charge in [-0.1, -0.05) is 27.2 Å². The Balaban J connectivity index is 2.75. The Hall–Kier alpha value is -1.06. The van der Waals surface area contributed by atoms with Gasteiger partial charge in [-0.2, -0.15) is 0 Å². The summed E-state index contributed by atoms with van der Waals surface area (Å²) in [6.07, 6.45) is 3.61. The molecule has 4 nitrogen and oxygen atoms in total. The van der Waals surface area contributed by atoms with Crippen LogP contribution < -0.4 is 5.32 Å². The smallest absolute Gasteiger partial charge is 0.245 e. The molecule has 1 heterocycles. The topological polar surface area (TPSA) is 49.4 Å². The summed E-state index contributed by atoms with van der Waals surface area (Å²) in [6, 6.07) is -0.0928. The first-order valence-electron chi connectivity index (χ1n) is 6.23. The Morgan fingerprint density at radius 2 is 2.06 bits per heavy atom. The van der Waals surface area contributed by atoms with Crippen LogP contribution in [0.1, 0.15) is 46.5 Å². The lowest BCUT2D eigenvalue weighted by Crippen LogP contribution is -2.60. The maximum Gasteiger partial charge on any atom is 0.245 e. The molecule has 1 saturated heterocycles. The van der Waals surface area contributed by atoms with Crippen molar-refractivity contribution in [3.8, 4) is 0 Å². The third-order valence-electron chi connectivity index (χ3n) is 3.17. The number of hydrogen-bond donors (Lipinski definition) is 1. The number of nitrogens with zero attached hydrogens (tertiary/aromatic N) is 1. The number of amides is 2. The summed E-state index contributed by atoms with van der Waals surface area (Å²) in [4.78, 5) is 25.4. The molecular formula is C12H22N2O2. The van der Waals surface area contributed by atoms with E-state index in [-0.39, 0.29) is 30.4 Å². The van der Waals surface area contributed by atoms with Gasteiger partial charge in [-0.3, -0.25) is 9.59 Å². The van der Waals surface area contributed by atoms with Gasteiger partial charge >= 0.3 is 0 Å². The zero-order chi connectivity index (χ0) is 12.1. The number of nitrogens with one attached hydrogen (secondary N) is 1. The summed E-state index contributed by atoms with van der Waals surface area (Å²) in [6.45, 7) is 6.33. The summed E-state index contributed by atoms with van der Waals surface area (Å²) in [5.41, 5.74) is 0. The maximum absolute atomic E-state index is 12.1. The van der Waals surface area contributed by atoms with Crippen LogP contribution in [0, 0.1) is 0 Å². The van der Waals surface area contributed by atoms with Gasteiger partial charge in [0.05, 0.1) is 6.54 Å². The zero-order valence-electron chi connectivity index (χ0n) is 10.5. The van der Waals surface area contributed by atoms with Crippen molar-refractivity contribution in [3.05, 3.63) is 0 Å². The van der Waals surface area contributed by atoms with Gasteiger partial charge in [0.15, 0.2) is 0 Å². The Morgan fingerprint density at radius 1 is 1.38 bits per heavy atom. The summed E-state index contributed by atoms with van der Waals surface area (Å²) >= 11 is 0. The molecule has 0 saturated carbocycles. The molecule has 1 fully saturated rings. The van der Waals surface area contributed by atoms with Crippen molar-refractivity contribution in [3.63, 3.8) is 0 Å². The van der Waals surface area contributed by atoms with Gasteiger partial charge in [-0.25, -0.2) is 0 Å². The highest BCUT2D eigenvalue weighted by Gasteiger charge is 2.34. The molecule has 0 aliphatic carbocycles. The summed E-state index contributed by atoms with van der Waals surface area (Å²) in [5, 5.41) is 2.74. The van der Waals surface area contributed by atoms with E-state index in [0.717, 1.165) is 19.3 Å². The van der Waals surface area contributed by atoms with Crippen LogP contribution in [-0.2, 0) is 9.59 Å². The Kier molecular flexibility index (Phi) is 4.77. The standard InChI is InChI=1S/C12H22N2O2/c1-4-7-9(5-2)14-8-11(15)13-10(6-3)12(14)16/h9-10H,4-8H2,1-3H3,(H,13,15). The Morgan fingerprint density at radius 3 is 2.56 bits per heavy atom. The lowest BCUT2D eigenvalue weighted by molar-refractivity contribution is -0.147. The van der Waals surface area contributed by atoms with Crippen LogP contribution in [0.25, 0.3) is 0 Å². The van der Waals surface area contributed by atoms with Gasteiger partial charge in [0.1, 0.15) is 6.04 Å². The van der Waals surface area contributed by atoms with Gasteiger partial charge in [0, 0.05) is 6.04 Å². The summed E-state index contributed by atoms with van der Waals surface area (Å²) in [5.74, 6) is 0.0587. The molecule has 2 amide bonds. The van der Waals surface area contributed by atoms with Crippen LogP contribution in [0.3, 0.4) is 0 Å². The lowest BCUT2D eigenvalue weighted by atomic mass is 10.0. The molecule has 1 N–H and O–H groups in total. The first-order valence-corrected chi connectivity index (χ1v) is 6.23. The summed E-state index contributed by atoms with van der Waals surface area (Å²) < 4.78 is 0. The first-order chi connectivity index (χ1) is 7.63. The van der Waals surface area contributed by atoms with Crippen LogP contribution in [0.4, 0.5) is 0 Å². The average Bonchev–Trinajstić information content (AvgIpc) is 2.28. The van der Waals surface area contributed by atoms with E-state index in [1.165, 1.54) is 0 Å². The van der Waals surface area contributed by atoms with Gasteiger partial charge in [-0.05, 0) is 19.3 Å². The largest absolute Gasteiger partial charge is 0.343 e. The molecule has 92 valence electrons. The quantitative estimate of drug-likeness (QED) is 0.768. The molecule has 0 aromatic rings. The SMILES string of the molecule is CCCC(CC)N1CC(=O)NC(CC)C1=O. The fraction of sp³-hybridized carbons (Fsp3) is 0.833. The summed E-state index contributed by atoms with van der Waals surface area (Å²) in [7, 11) is 0. The van der Waals surface area contributed by atoms with E-state index < -0.39 is 0 Å². The van der Waals surface area contributed by atoms with Gasteiger partial charge in [0.2, 0.25) is 11.8 Å². The molecule has 0 spiro atoms. The molecule has 2 unspecified atom stereocenters. The fourth-order valence-corrected chi connectivity index (χ4v) is 2.23. The molecule has 1 aliphatic rings. The van der Waals surface area contributed by atoms with Crippen molar-refractivity contribution in [1.82, 2.24) is 10.2 Å². The third-order valence-corrected chi connectivity index (χ3v) is 3.17. The van der Waals surface area contributed by atoms with Crippen LogP contribution in [-0.4, -0.2) is 35.3 Å². The van der Waals surface area contributed by atoms with E-state index in [9.17, 15) is 9.59 Å². The van der Waals surface area contributed by atoms with Crippen molar-refractivity contribution in [2.75, 3.05) is 6.54 Å². The average molecular weight is 226 g/mol. The van der Waals surface area contributed by atoms with E-state index >= 15 is 0 Å². The van der Waals surface area contributed by atoms with E-state index in [1.807, 2.05) is 6.92 Å². The second-order valence-electron chi connectivity index (χ2n) is 4.35. The van der Waals surface area contributed by atoms with Crippen LogP contribution in [0.15, 0.2) is 0 Å². The van der Waals surface area contributed by atoms with Crippen LogP contribution in [0.5, 0.6) is 0 Å². The molecule has 0 radical (unpaired) electrons. The molecule has 0 bridgehead atoms. The first kappa shape index (κ1) is 13.0. The van der Waals surface area contributed by atoms with Crippen molar-refractivity contribution >= 4 is 11.8 Å². The van der Waals surface area contributed by atoms with Gasteiger partial charge in [0.25, 0.3) is 0 Å². The zero-order valence-corrected chi connectivity index (χ0v) is 10.5. The van der Waals surface area contributed by atoms with Crippen molar-refractivity contribution in [1.29, 1.82) is 0 Å².